The van der Waals surface area contributed by atoms with E-state index in [1.807, 2.05) is 0 Å². The average molecular weight is 110 g/mol. The molecule has 0 N–H and O–H groups in total. The van der Waals surface area contributed by atoms with Crippen LogP contribution in [0.2, 0.25) is 0 Å². The van der Waals surface area contributed by atoms with Gasteiger partial charge in [0.25, 0.3) is 0 Å². The van der Waals surface area contributed by atoms with Gasteiger partial charge in [0, 0.05) is 0 Å². The van der Waals surface area contributed by atoms with Crippen LogP contribution in [0, 0.1) is 17.3 Å². The van der Waals surface area contributed by atoms with Crippen LogP contribution in [0.4, 0.5) is 0 Å². The molecule has 1 spiro atoms. The fourth-order valence-electron chi connectivity index (χ4n) is 2.44. The summed E-state index contributed by atoms with van der Waals surface area (Å²) in [5.41, 5.74) is 0.887. The van der Waals surface area contributed by atoms with E-state index < -0.39 is 0 Å². The Hall–Kier alpha value is -0.0400. The monoisotopic (exact) mass is 110 g/mol. The van der Waals surface area contributed by atoms with Crippen LogP contribution in [-0.2, 0) is 4.74 Å². The van der Waals surface area contributed by atoms with Gasteiger partial charge in [0.05, 0.1) is 13.2 Å². The topological polar surface area (TPSA) is 9.23 Å². The molecule has 0 unspecified atom stereocenters. The maximum Gasteiger partial charge on any atom is 0.0503 e. The summed E-state index contributed by atoms with van der Waals surface area (Å²) in [6.45, 7) is 2.18. The van der Waals surface area contributed by atoms with Gasteiger partial charge in [-0.05, 0) is 30.1 Å². The summed E-state index contributed by atoms with van der Waals surface area (Å²) in [4.78, 5) is 0. The third kappa shape index (κ3) is 0.235. The van der Waals surface area contributed by atoms with Gasteiger partial charge < -0.3 is 4.74 Å². The summed E-state index contributed by atoms with van der Waals surface area (Å²) in [5, 5.41) is 0. The van der Waals surface area contributed by atoms with Gasteiger partial charge in [0.1, 0.15) is 0 Å². The Kier molecular flexibility index (Phi) is 0.418. The van der Waals surface area contributed by atoms with E-state index in [9.17, 15) is 0 Å². The van der Waals surface area contributed by atoms with Crippen LogP contribution in [0.25, 0.3) is 0 Å². The van der Waals surface area contributed by atoms with E-state index in [1.165, 1.54) is 12.8 Å². The minimum Gasteiger partial charge on any atom is -0.381 e. The zero-order valence-corrected chi connectivity index (χ0v) is 4.89. The van der Waals surface area contributed by atoms with Crippen molar-refractivity contribution in [2.75, 3.05) is 13.2 Å². The number of fused-ring (bicyclic) bond motifs is 3. The zero-order valence-electron chi connectivity index (χ0n) is 4.89. The fraction of sp³-hybridized carbons (Fsp3) is 1.00. The molecule has 2 atom stereocenters. The molecule has 1 saturated heterocycles. The second kappa shape index (κ2) is 0.860. The van der Waals surface area contributed by atoms with Crippen LogP contribution in [0.1, 0.15) is 12.8 Å². The van der Waals surface area contributed by atoms with Gasteiger partial charge in [-0.15, -0.1) is 0 Å². The van der Waals surface area contributed by atoms with Gasteiger partial charge in [0.2, 0.25) is 0 Å². The molecule has 0 amide bonds. The minimum atomic E-state index is 0.887. The molecule has 2 aliphatic carbocycles. The van der Waals surface area contributed by atoms with Gasteiger partial charge in [0.15, 0.2) is 0 Å². The summed E-state index contributed by atoms with van der Waals surface area (Å²) < 4.78 is 5.28. The van der Waals surface area contributed by atoms with Crippen molar-refractivity contribution in [2.45, 2.75) is 12.8 Å². The largest absolute Gasteiger partial charge is 0.381 e. The number of ether oxygens (including phenoxy) is 1. The zero-order chi connectivity index (χ0) is 5.19. The quantitative estimate of drug-likeness (QED) is 0.452. The number of rotatable bonds is 0. The molecule has 0 radical (unpaired) electrons. The standard InChI is InChI=1S/C7H10O/c1-2-7(1)5-3-8-4-6(5)7/h5-6H,1-4H2/t5-,6+. The molecule has 0 bridgehead atoms. The van der Waals surface area contributed by atoms with Crippen LogP contribution >= 0.6 is 0 Å². The second-order valence-corrected chi connectivity index (χ2v) is 3.48. The molecule has 1 aliphatic heterocycles. The highest BCUT2D eigenvalue weighted by Gasteiger charge is 2.73. The van der Waals surface area contributed by atoms with Gasteiger partial charge in [-0.3, -0.25) is 0 Å². The van der Waals surface area contributed by atoms with E-state index in [2.05, 4.69) is 0 Å². The molecule has 8 heavy (non-hydrogen) atoms. The van der Waals surface area contributed by atoms with Crippen LogP contribution in [0.3, 0.4) is 0 Å². The molecule has 0 aromatic rings. The Labute approximate surface area is 49.0 Å². The third-order valence-corrected chi connectivity index (χ3v) is 3.28. The SMILES string of the molecule is C1OC[C@H]2[C@@H]1C21CC1. The lowest BCUT2D eigenvalue weighted by Crippen LogP contribution is -1.96. The highest BCUT2D eigenvalue weighted by atomic mass is 16.5. The molecule has 3 aliphatic rings. The van der Waals surface area contributed by atoms with E-state index in [1.54, 1.807) is 0 Å². The van der Waals surface area contributed by atoms with Crippen molar-refractivity contribution >= 4 is 0 Å². The van der Waals surface area contributed by atoms with Gasteiger partial charge in [-0.2, -0.15) is 0 Å². The van der Waals surface area contributed by atoms with Crippen molar-refractivity contribution in [1.29, 1.82) is 0 Å². The fourth-order valence-corrected chi connectivity index (χ4v) is 2.44. The molecule has 3 rings (SSSR count). The third-order valence-electron chi connectivity index (χ3n) is 3.28. The first kappa shape index (κ1) is 3.89. The van der Waals surface area contributed by atoms with E-state index in [-0.39, 0.29) is 0 Å². The summed E-state index contributed by atoms with van der Waals surface area (Å²) >= 11 is 0. The molecular formula is C7H10O. The predicted molar refractivity (Wildman–Crippen MR) is 29.5 cm³/mol. The van der Waals surface area contributed by atoms with E-state index in [0.29, 0.717) is 0 Å². The van der Waals surface area contributed by atoms with Gasteiger partial charge >= 0.3 is 0 Å². The van der Waals surface area contributed by atoms with Crippen LogP contribution in [0.5, 0.6) is 0 Å². The molecule has 44 valence electrons. The lowest BCUT2D eigenvalue weighted by Gasteiger charge is -1.96. The molecule has 2 saturated carbocycles. The Morgan fingerprint density at radius 2 is 1.75 bits per heavy atom. The van der Waals surface area contributed by atoms with Crippen molar-refractivity contribution in [1.82, 2.24) is 0 Å². The first-order valence-electron chi connectivity index (χ1n) is 3.51. The molecule has 3 fully saturated rings. The van der Waals surface area contributed by atoms with Crippen molar-refractivity contribution in [2.24, 2.45) is 17.3 Å². The van der Waals surface area contributed by atoms with Crippen LogP contribution < -0.4 is 0 Å². The first-order valence-corrected chi connectivity index (χ1v) is 3.51. The number of hydrogen-bond donors (Lipinski definition) is 0. The summed E-state index contributed by atoms with van der Waals surface area (Å²) in [5.74, 6) is 2.03. The summed E-state index contributed by atoms with van der Waals surface area (Å²) in [7, 11) is 0. The Bertz CT molecular complexity index is 125. The van der Waals surface area contributed by atoms with Crippen LogP contribution in [-0.4, -0.2) is 13.2 Å². The Balaban J connectivity index is 1.94. The van der Waals surface area contributed by atoms with E-state index in [0.717, 1.165) is 30.5 Å². The molecule has 0 aromatic heterocycles. The van der Waals surface area contributed by atoms with Crippen LogP contribution in [0.15, 0.2) is 0 Å². The highest BCUT2D eigenvalue weighted by molar-refractivity contribution is 5.20. The van der Waals surface area contributed by atoms with E-state index >= 15 is 0 Å². The lowest BCUT2D eigenvalue weighted by atomic mass is 10.3. The summed E-state index contributed by atoms with van der Waals surface area (Å²) in [6, 6.07) is 0. The molecule has 1 heterocycles. The highest BCUT2D eigenvalue weighted by Crippen LogP contribution is 2.76. The first-order chi connectivity index (χ1) is 3.93. The molecule has 0 aromatic carbocycles. The average Bonchev–Trinajstić information content (AvgIpc) is 2.60. The lowest BCUT2D eigenvalue weighted by molar-refractivity contribution is 0.147. The van der Waals surface area contributed by atoms with Crippen molar-refractivity contribution in [3.8, 4) is 0 Å². The van der Waals surface area contributed by atoms with Crippen molar-refractivity contribution < 1.29 is 4.74 Å². The normalized spacial score (nSPS) is 54.0. The predicted octanol–water partition coefficient (Wildman–Crippen LogP) is 1.04. The smallest absolute Gasteiger partial charge is 0.0503 e. The van der Waals surface area contributed by atoms with Crippen molar-refractivity contribution in [3.63, 3.8) is 0 Å². The van der Waals surface area contributed by atoms with Crippen molar-refractivity contribution in [3.05, 3.63) is 0 Å². The Morgan fingerprint density at radius 1 is 1.12 bits per heavy atom. The molecule has 1 nitrogen and oxygen atoms in total. The van der Waals surface area contributed by atoms with E-state index in [4.69, 9.17) is 4.74 Å². The van der Waals surface area contributed by atoms with Gasteiger partial charge in [-0.1, -0.05) is 0 Å². The Morgan fingerprint density at radius 3 is 2.12 bits per heavy atom. The van der Waals surface area contributed by atoms with Gasteiger partial charge in [-0.25, -0.2) is 0 Å². The maximum absolute atomic E-state index is 5.28. The number of hydrogen-bond acceptors (Lipinski definition) is 1. The summed E-state index contributed by atoms with van der Waals surface area (Å²) in [6.07, 6.45) is 3.04. The second-order valence-electron chi connectivity index (χ2n) is 3.48. The molecular weight excluding hydrogens is 100 g/mol. The maximum atomic E-state index is 5.28. The molecule has 1 heteroatoms. The minimum absolute atomic E-state index is 0.887.